The number of anilines is 1. The number of ether oxygens (including phenoxy) is 1. The zero-order valence-electron chi connectivity index (χ0n) is 10.7. The van der Waals surface area contributed by atoms with E-state index in [9.17, 15) is 4.79 Å². The highest BCUT2D eigenvalue weighted by molar-refractivity contribution is 6.99. The molecule has 3 rings (SSSR count). The molecule has 3 heterocycles. The first-order chi connectivity index (χ1) is 9.33. The van der Waals surface area contributed by atoms with Crippen LogP contribution in [0.4, 0.5) is 5.82 Å². The summed E-state index contributed by atoms with van der Waals surface area (Å²) in [7, 11) is 0. The number of nitrogens with zero attached hydrogens (tertiary/aromatic N) is 3. The summed E-state index contributed by atoms with van der Waals surface area (Å²) in [4.78, 5) is 14.2. The molecule has 0 spiro atoms. The lowest BCUT2D eigenvalue weighted by Gasteiger charge is -2.32. The van der Waals surface area contributed by atoms with Crippen LogP contribution in [0.5, 0.6) is 0 Å². The van der Waals surface area contributed by atoms with Crippen molar-refractivity contribution in [2.45, 2.75) is 25.3 Å². The average Bonchev–Trinajstić information content (AvgIpc) is 3.13. The molecular weight excluding hydrogens is 264 g/mol. The Morgan fingerprint density at radius 2 is 2.26 bits per heavy atom. The van der Waals surface area contributed by atoms with Crippen LogP contribution in [-0.4, -0.2) is 47.0 Å². The van der Waals surface area contributed by atoms with Gasteiger partial charge in [0.2, 0.25) is 5.91 Å². The van der Waals surface area contributed by atoms with Gasteiger partial charge < -0.3 is 15.0 Å². The Morgan fingerprint density at radius 1 is 1.42 bits per heavy atom. The van der Waals surface area contributed by atoms with Crippen molar-refractivity contribution in [1.29, 1.82) is 0 Å². The molecule has 1 aromatic heterocycles. The molecule has 2 aliphatic rings. The van der Waals surface area contributed by atoms with Crippen molar-refractivity contribution < 1.29 is 9.53 Å². The van der Waals surface area contributed by atoms with Crippen LogP contribution in [-0.2, 0) is 9.53 Å². The van der Waals surface area contributed by atoms with Gasteiger partial charge in [-0.1, -0.05) is 0 Å². The molecule has 0 saturated carbocycles. The van der Waals surface area contributed by atoms with Gasteiger partial charge in [-0.25, -0.2) is 0 Å². The number of piperidine rings is 1. The Kier molecular flexibility index (Phi) is 3.93. The molecule has 1 unspecified atom stereocenters. The number of nitrogens with one attached hydrogen (secondary N) is 1. The van der Waals surface area contributed by atoms with Crippen LogP contribution in [0.3, 0.4) is 0 Å². The molecule has 1 amide bonds. The minimum atomic E-state index is 0.0563. The molecule has 1 aromatic rings. The molecule has 19 heavy (non-hydrogen) atoms. The summed E-state index contributed by atoms with van der Waals surface area (Å²) in [5.74, 6) is 1.17. The second kappa shape index (κ2) is 5.83. The summed E-state index contributed by atoms with van der Waals surface area (Å²) in [6, 6.07) is 0.288. The first-order valence-electron chi connectivity index (χ1n) is 6.73. The van der Waals surface area contributed by atoms with E-state index >= 15 is 0 Å². The van der Waals surface area contributed by atoms with Crippen molar-refractivity contribution in [3.05, 3.63) is 6.20 Å². The van der Waals surface area contributed by atoms with E-state index in [1.165, 1.54) is 11.7 Å². The first-order valence-corrected chi connectivity index (χ1v) is 7.46. The highest BCUT2D eigenvalue weighted by atomic mass is 32.1. The van der Waals surface area contributed by atoms with Gasteiger partial charge in [0.1, 0.15) is 0 Å². The highest BCUT2D eigenvalue weighted by Crippen LogP contribution is 2.19. The summed E-state index contributed by atoms with van der Waals surface area (Å²) in [5, 5.41) is 3.15. The number of hydrogen-bond acceptors (Lipinski definition) is 6. The van der Waals surface area contributed by atoms with Crippen LogP contribution in [0.15, 0.2) is 6.20 Å². The van der Waals surface area contributed by atoms with Crippen molar-refractivity contribution in [3.63, 3.8) is 0 Å². The molecule has 0 bridgehead atoms. The van der Waals surface area contributed by atoms with Gasteiger partial charge in [0.05, 0.1) is 30.4 Å². The van der Waals surface area contributed by atoms with E-state index < -0.39 is 0 Å². The third-order valence-electron chi connectivity index (χ3n) is 3.82. The van der Waals surface area contributed by atoms with E-state index in [1.807, 2.05) is 0 Å². The molecule has 0 radical (unpaired) electrons. The van der Waals surface area contributed by atoms with Crippen molar-refractivity contribution in [1.82, 2.24) is 14.1 Å². The largest absolute Gasteiger partial charge is 0.381 e. The van der Waals surface area contributed by atoms with Gasteiger partial charge in [-0.3, -0.25) is 4.79 Å². The van der Waals surface area contributed by atoms with Crippen molar-refractivity contribution in [2.24, 2.45) is 5.92 Å². The van der Waals surface area contributed by atoms with E-state index in [4.69, 9.17) is 4.74 Å². The maximum Gasteiger partial charge on any atom is 0.225 e. The minimum absolute atomic E-state index is 0.0563. The van der Waals surface area contributed by atoms with Gasteiger partial charge in [-0.15, -0.1) is 0 Å². The zero-order chi connectivity index (χ0) is 13.1. The molecule has 104 valence electrons. The second-order valence-corrected chi connectivity index (χ2v) is 5.65. The Morgan fingerprint density at radius 3 is 2.89 bits per heavy atom. The Balaban J connectivity index is 1.46. The normalized spacial score (nSPS) is 24.6. The predicted molar refractivity (Wildman–Crippen MR) is 72.2 cm³/mol. The number of rotatable bonds is 3. The number of amides is 1. The Bertz CT molecular complexity index is 411. The fraction of sp³-hybridized carbons (Fsp3) is 0.750. The molecule has 0 aromatic carbocycles. The zero-order valence-corrected chi connectivity index (χ0v) is 11.6. The molecule has 6 nitrogen and oxygen atoms in total. The third-order valence-corrected chi connectivity index (χ3v) is 4.28. The summed E-state index contributed by atoms with van der Waals surface area (Å²) in [5.41, 5.74) is 0. The third kappa shape index (κ3) is 3.03. The Labute approximate surface area is 116 Å². The standard InChI is InChI=1S/C12H18N4O2S/c17-12(9-3-6-18-8-9)14-10-1-4-16(5-2-10)11-7-13-19-15-11/h7,9-10H,1-6,8H2,(H,14,17). The lowest BCUT2D eigenvalue weighted by Crippen LogP contribution is -2.46. The van der Waals surface area contributed by atoms with Crippen LogP contribution < -0.4 is 10.2 Å². The van der Waals surface area contributed by atoms with E-state index in [1.54, 1.807) is 6.20 Å². The molecule has 0 aliphatic carbocycles. The Hall–Kier alpha value is -1.21. The molecule has 2 fully saturated rings. The summed E-state index contributed by atoms with van der Waals surface area (Å²) in [6.45, 7) is 3.15. The van der Waals surface area contributed by atoms with E-state index in [2.05, 4.69) is 19.0 Å². The van der Waals surface area contributed by atoms with Crippen LogP contribution >= 0.6 is 11.7 Å². The topological polar surface area (TPSA) is 67.4 Å². The fourth-order valence-corrected chi connectivity index (χ4v) is 3.05. The van der Waals surface area contributed by atoms with E-state index in [0.29, 0.717) is 13.2 Å². The van der Waals surface area contributed by atoms with Gasteiger partial charge >= 0.3 is 0 Å². The van der Waals surface area contributed by atoms with Crippen molar-refractivity contribution in [3.8, 4) is 0 Å². The molecule has 7 heteroatoms. The molecular formula is C12H18N4O2S. The second-order valence-electron chi connectivity index (χ2n) is 5.10. The minimum Gasteiger partial charge on any atom is -0.381 e. The number of hydrogen-bond donors (Lipinski definition) is 1. The summed E-state index contributed by atoms with van der Waals surface area (Å²) >= 11 is 1.24. The first kappa shape index (κ1) is 12.8. The van der Waals surface area contributed by atoms with Gasteiger partial charge in [-0.05, 0) is 19.3 Å². The quantitative estimate of drug-likeness (QED) is 0.882. The maximum absolute atomic E-state index is 12.0. The smallest absolute Gasteiger partial charge is 0.225 e. The van der Waals surface area contributed by atoms with Crippen LogP contribution in [0, 0.1) is 5.92 Å². The number of carbonyl (C=O) groups excluding carboxylic acids is 1. The average molecular weight is 282 g/mol. The van der Waals surface area contributed by atoms with Crippen molar-refractivity contribution in [2.75, 3.05) is 31.2 Å². The van der Waals surface area contributed by atoms with Gasteiger partial charge in [0.15, 0.2) is 5.82 Å². The molecule has 1 atom stereocenters. The maximum atomic E-state index is 12.0. The summed E-state index contributed by atoms with van der Waals surface area (Å²) in [6.07, 6.45) is 4.60. The number of aromatic nitrogens is 2. The van der Waals surface area contributed by atoms with Crippen molar-refractivity contribution >= 4 is 23.5 Å². The monoisotopic (exact) mass is 282 g/mol. The van der Waals surface area contributed by atoms with Gasteiger partial charge in [0.25, 0.3) is 0 Å². The summed E-state index contributed by atoms with van der Waals surface area (Å²) < 4.78 is 13.5. The van der Waals surface area contributed by atoms with Crippen LogP contribution in [0.2, 0.25) is 0 Å². The highest BCUT2D eigenvalue weighted by Gasteiger charge is 2.27. The number of carbonyl (C=O) groups is 1. The molecule has 1 N–H and O–H groups in total. The molecule has 2 aliphatic heterocycles. The van der Waals surface area contributed by atoms with Gasteiger partial charge in [0, 0.05) is 25.7 Å². The lowest BCUT2D eigenvalue weighted by atomic mass is 10.0. The molecule has 2 saturated heterocycles. The van der Waals surface area contributed by atoms with Crippen LogP contribution in [0.1, 0.15) is 19.3 Å². The SMILES string of the molecule is O=C(NC1CCN(c2cnsn2)CC1)C1CCOC1. The fourth-order valence-electron chi connectivity index (χ4n) is 2.61. The van der Waals surface area contributed by atoms with Gasteiger partial charge in [-0.2, -0.15) is 8.75 Å². The van der Waals surface area contributed by atoms with E-state index in [0.717, 1.165) is 38.2 Å². The van der Waals surface area contributed by atoms with E-state index in [-0.39, 0.29) is 17.9 Å². The predicted octanol–water partition coefficient (Wildman–Crippen LogP) is 0.660. The lowest BCUT2D eigenvalue weighted by molar-refractivity contribution is -0.125. The van der Waals surface area contributed by atoms with Crippen LogP contribution in [0.25, 0.3) is 0 Å².